The lowest BCUT2D eigenvalue weighted by atomic mass is 10.0. The number of hydrogen-bond donors (Lipinski definition) is 2. The molecule has 0 aliphatic carbocycles. The molecule has 1 aromatic rings. The van der Waals surface area contributed by atoms with Gasteiger partial charge in [0, 0.05) is 12.1 Å². The standard InChI is InChI=1S/C13H12ClF3N2O2/c14-9-5-4-7(6-8(9)13(15,16)17)18-12(21)10-2-1-3-11(20)19-10/h4-6,10H,1-3H2,(H,18,21)(H,19,20)/t10-/m1/s1. The Morgan fingerprint density at radius 2 is 2.10 bits per heavy atom. The van der Waals surface area contributed by atoms with Gasteiger partial charge in [0.25, 0.3) is 0 Å². The second-order valence-corrected chi connectivity index (χ2v) is 5.10. The minimum Gasteiger partial charge on any atom is -0.344 e. The lowest BCUT2D eigenvalue weighted by molar-refractivity contribution is -0.137. The summed E-state index contributed by atoms with van der Waals surface area (Å²) in [5.74, 6) is -0.785. The van der Waals surface area contributed by atoms with Crippen LogP contribution in [0.25, 0.3) is 0 Å². The lowest BCUT2D eigenvalue weighted by Gasteiger charge is -2.22. The van der Waals surface area contributed by atoms with Crippen LogP contribution >= 0.6 is 11.6 Å². The van der Waals surface area contributed by atoms with Crippen LogP contribution in [0.3, 0.4) is 0 Å². The third-order valence-electron chi connectivity index (χ3n) is 3.09. The van der Waals surface area contributed by atoms with E-state index in [-0.39, 0.29) is 11.6 Å². The van der Waals surface area contributed by atoms with Gasteiger partial charge in [-0.1, -0.05) is 11.6 Å². The number of amides is 2. The summed E-state index contributed by atoms with van der Waals surface area (Å²) < 4.78 is 38.2. The van der Waals surface area contributed by atoms with Gasteiger partial charge in [0.2, 0.25) is 11.8 Å². The third kappa shape index (κ3) is 3.87. The molecule has 1 aromatic carbocycles. The number of halogens is 4. The second kappa shape index (κ2) is 5.93. The molecule has 0 bridgehead atoms. The van der Waals surface area contributed by atoms with Crippen LogP contribution in [0.2, 0.25) is 5.02 Å². The maximum atomic E-state index is 12.7. The number of carbonyl (C=O) groups excluding carboxylic acids is 2. The van der Waals surface area contributed by atoms with Crippen molar-refractivity contribution in [3.05, 3.63) is 28.8 Å². The van der Waals surface area contributed by atoms with Crippen molar-refractivity contribution < 1.29 is 22.8 Å². The minimum absolute atomic E-state index is 0.0171. The predicted octanol–water partition coefficient (Wildman–Crippen LogP) is 2.97. The summed E-state index contributed by atoms with van der Waals surface area (Å²) >= 11 is 5.50. The highest BCUT2D eigenvalue weighted by Gasteiger charge is 2.33. The van der Waals surface area contributed by atoms with Gasteiger partial charge in [-0.3, -0.25) is 9.59 Å². The normalized spacial score (nSPS) is 19.0. The molecule has 1 fully saturated rings. The number of alkyl halides is 3. The summed E-state index contributed by atoms with van der Waals surface area (Å²) in [7, 11) is 0. The Bertz CT molecular complexity index is 575. The van der Waals surface area contributed by atoms with Crippen molar-refractivity contribution in [1.29, 1.82) is 0 Å². The van der Waals surface area contributed by atoms with Crippen molar-refractivity contribution >= 4 is 29.1 Å². The summed E-state index contributed by atoms with van der Waals surface area (Å²) in [6.07, 6.45) is -3.23. The largest absolute Gasteiger partial charge is 0.417 e. The molecule has 1 atom stereocenters. The molecule has 1 aliphatic heterocycles. The third-order valence-corrected chi connectivity index (χ3v) is 3.42. The summed E-state index contributed by atoms with van der Waals surface area (Å²) in [5, 5.41) is 4.41. The van der Waals surface area contributed by atoms with E-state index < -0.39 is 28.7 Å². The van der Waals surface area contributed by atoms with Crippen LogP contribution in [0.15, 0.2) is 18.2 Å². The van der Waals surface area contributed by atoms with Crippen molar-refractivity contribution in [1.82, 2.24) is 5.32 Å². The van der Waals surface area contributed by atoms with Crippen LogP contribution in [0, 0.1) is 0 Å². The number of rotatable bonds is 2. The van der Waals surface area contributed by atoms with Crippen LogP contribution in [0.5, 0.6) is 0 Å². The Morgan fingerprint density at radius 1 is 1.38 bits per heavy atom. The molecular formula is C13H12ClF3N2O2. The molecule has 4 nitrogen and oxygen atoms in total. The van der Waals surface area contributed by atoms with E-state index in [2.05, 4.69) is 10.6 Å². The van der Waals surface area contributed by atoms with Crippen molar-refractivity contribution in [3.63, 3.8) is 0 Å². The molecule has 21 heavy (non-hydrogen) atoms. The molecule has 0 spiro atoms. The quantitative estimate of drug-likeness (QED) is 0.880. The number of benzene rings is 1. The van der Waals surface area contributed by atoms with E-state index in [1.54, 1.807) is 0 Å². The monoisotopic (exact) mass is 320 g/mol. The van der Waals surface area contributed by atoms with Gasteiger partial charge in [-0.05, 0) is 31.0 Å². The average molecular weight is 321 g/mol. The fourth-order valence-electron chi connectivity index (χ4n) is 2.05. The van der Waals surface area contributed by atoms with E-state index in [1.165, 1.54) is 6.07 Å². The average Bonchev–Trinajstić information content (AvgIpc) is 2.39. The number of piperidine rings is 1. The van der Waals surface area contributed by atoms with Gasteiger partial charge in [0.1, 0.15) is 6.04 Å². The topological polar surface area (TPSA) is 58.2 Å². The van der Waals surface area contributed by atoms with Gasteiger partial charge in [-0.15, -0.1) is 0 Å². The van der Waals surface area contributed by atoms with Gasteiger partial charge in [-0.2, -0.15) is 13.2 Å². The molecule has 0 aromatic heterocycles. The van der Waals surface area contributed by atoms with Crippen molar-refractivity contribution in [2.24, 2.45) is 0 Å². The smallest absolute Gasteiger partial charge is 0.344 e. The number of anilines is 1. The zero-order valence-electron chi connectivity index (χ0n) is 10.8. The van der Waals surface area contributed by atoms with Crippen molar-refractivity contribution in [3.8, 4) is 0 Å². The molecule has 2 amide bonds. The molecule has 8 heteroatoms. The fraction of sp³-hybridized carbons (Fsp3) is 0.385. The molecular weight excluding hydrogens is 309 g/mol. The van der Waals surface area contributed by atoms with Crippen LogP contribution in [0.1, 0.15) is 24.8 Å². The molecule has 2 N–H and O–H groups in total. The zero-order chi connectivity index (χ0) is 15.6. The molecule has 0 unspecified atom stereocenters. The highest BCUT2D eigenvalue weighted by Crippen LogP contribution is 2.36. The van der Waals surface area contributed by atoms with Crippen LogP contribution in [-0.2, 0) is 15.8 Å². The zero-order valence-corrected chi connectivity index (χ0v) is 11.5. The van der Waals surface area contributed by atoms with E-state index >= 15 is 0 Å². The van der Waals surface area contributed by atoms with Crippen LogP contribution < -0.4 is 10.6 Å². The van der Waals surface area contributed by atoms with Gasteiger partial charge in [0.15, 0.2) is 0 Å². The Morgan fingerprint density at radius 3 is 2.71 bits per heavy atom. The maximum Gasteiger partial charge on any atom is 0.417 e. The fourth-order valence-corrected chi connectivity index (χ4v) is 2.28. The van der Waals surface area contributed by atoms with E-state index in [9.17, 15) is 22.8 Å². The maximum absolute atomic E-state index is 12.7. The Kier molecular flexibility index (Phi) is 4.41. The Labute approximate surface area is 123 Å². The lowest BCUT2D eigenvalue weighted by Crippen LogP contribution is -2.46. The number of hydrogen-bond acceptors (Lipinski definition) is 2. The van der Waals surface area contributed by atoms with E-state index in [0.29, 0.717) is 19.3 Å². The van der Waals surface area contributed by atoms with Gasteiger partial charge >= 0.3 is 6.18 Å². The highest BCUT2D eigenvalue weighted by atomic mass is 35.5. The molecule has 114 valence electrons. The molecule has 0 saturated carbocycles. The van der Waals surface area contributed by atoms with E-state index in [0.717, 1.165) is 12.1 Å². The van der Waals surface area contributed by atoms with Gasteiger partial charge in [-0.25, -0.2) is 0 Å². The summed E-state index contributed by atoms with van der Waals surface area (Å²) in [4.78, 5) is 23.1. The van der Waals surface area contributed by atoms with Crippen LogP contribution in [0.4, 0.5) is 18.9 Å². The van der Waals surface area contributed by atoms with Gasteiger partial charge < -0.3 is 10.6 Å². The predicted molar refractivity (Wildman–Crippen MR) is 70.9 cm³/mol. The molecule has 1 heterocycles. The van der Waals surface area contributed by atoms with E-state index in [1.807, 2.05) is 0 Å². The van der Waals surface area contributed by atoms with Crippen molar-refractivity contribution in [2.45, 2.75) is 31.5 Å². The Balaban J connectivity index is 2.12. The first-order chi connectivity index (χ1) is 9.77. The minimum atomic E-state index is -4.60. The highest BCUT2D eigenvalue weighted by molar-refractivity contribution is 6.31. The first-order valence-corrected chi connectivity index (χ1v) is 6.62. The van der Waals surface area contributed by atoms with Crippen molar-refractivity contribution in [2.75, 3.05) is 5.32 Å². The van der Waals surface area contributed by atoms with Crippen LogP contribution in [-0.4, -0.2) is 17.9 Å². The SMILES string of the molecule is O=C1CCC[C@H](C(=O)Nc2ccc(Cl)c(C(F)(F)F)c2)N1. The second-order valence-electron chi connectivity index (χ2n) is 4.69. The molecule has 2 rings (SSSR count). The molecule has 1 aliphatic rings. The number of carbonyl (C=O) groups is 2. The Hall–Kier alpha value is -1.76. The number of nitrogens with one attached hydrogen (secondary N) is 2. The molecule has 1 saturated heterocycles. The summed E-state index contributed by atoms with van der Waals surface area (Å²) in [6, 6.07) is 2.39. The molecule has 0 radical (unpaired) electrons. The first-order valence-electron chi connectivity index (χ1n) is 6.24. The summed E-state index contributed by atoms with van der Waals surface area (Å²) in [6.45, 7) is 0. The first kappa shape index (κ1) is 15.6. The summed E-state index contributed by atoms with van der Waals surface area (Å²) in [5.41, 5.74) is -1.04. The van der Waals surface area contributed by atoms with E-state index in [4.69, 9.17) is 11.6 Å². The van der Waals surface area contributed by atoms with Gasteiger partial charge in [0.05, 0.1) is 10.6 Å².